The van der Waals surface area contributed by atoms with Crippen LogP contribution in [0.25, 0.3) is 11.1 Å². The topological polar surface area (TPSA) is 83.6 Å². The quantitative estimate of drug-likeness (QED) is 0.334. The summed E-state index contributed by atoms with van der Waals surface area (Å²) >= 11 is 7.00. The van der Waals surface area contributed by atoms with E-state index in [2.05, 4.69) is 56.4 Å². The zero-order chi connectivity index (χ0) is 25.5. The van der Waals surface area contributed by atoms with Crippen LogP contribution in [0.1, 0.15) is 46.2 Å². The number of nitrogens with zero attached hydrogens (tertiary/aromatic N) is 2. The number of anilines is 1. The van der Waals surface area contributed by atoms with Gasteiger partial charge >= 0.3 is 5.97 Å². The van der Waals surface area contributed by atoms with Gasteiger partial charge in [0.05, 0.1) is 18.5 Å². The predicted molar refractivity (Wildman–Crippen MR) is 147 cm³/mol. The maximum absolute atomic E-state index is 13.0. The van der Waals surface area contributed by atoms with Gasteiger partial charge < -0.3 is 20.3 Å². The summed E-state index contributed by atoms with van der Waals surface area (Å²) in [5, 5.41) is 9.65. The van der Waals surface area contributed by atoms with E-state index in [0.29, 0.717) is 23.3 Å². The fraction of sp³-hybridized carbons (Fsp3) is 0.333. The van der Waals surface area contributed by atoms with E-state index in [-0.39, 0.29) is 18.3 Å². The Morgan fingerprint density at radius 2 is 1.86 bits per heavy atom. The Morgan fingerprint density at radius 1 is 1.14 bits per heavy atom. The highest BCUT2D eigenvalue weighted by Crippen LogP contribution is 2.32. The molecule has 0 unspecified atom stereocenters. The fourth-order valence-corrected chi connectivity index (χ4v) is 5.41. The molecule has 1 saturated heterocycles. The molecule has 0 radical (unpaired) electrons. The Labute approximate surface area is 220 Å². The molecule has 0 aliphatic carbocycles. The van der Waals surface area contributed by atoms with Gasteiger partial charge in [-0.05, 0) is 43.6 Å². The van der Waals surface area contributed by atoms with Crippen LogP contribution in [0.3, 0.4) is 0 Å². The van der Waals surface area contributed by atoms with E-state index in [0.717, 1.165) is 47.8 Å². The first kappa shape index (κ1) is 25.8. The highest BCUT2D eigenvalue weighted by Gasteiger charge is 2.25. The van der Waals surface area contributed by atoms with Crippen molar-refractivity contribution in [2.24, 2.45) is 0 Å². The zero-order valence-corrected chi connectivity index (χ0v) is 22.1. The van der Waals surface area contributed by atoms with E-state index in [9.17, 15) is 9.59 Å². The number of thiocarbonyl (C=S) groups is 1. The number of esters is 1. The number of thiazole rings is 1. The largest absolute Gasteiger partial charge is 0.469 e. The lowest BCUT2D eigenvalue weighted by Gasteiger charge is -2.33. The van der Waals surface area contributed by atoms with Crippen molar-refractivity contribution in [1.82, 2.24) is 15.2 Å². The Hall–Kier alpha value is -3.30. The summed E-state index contributed by atoms with van der Waals surface area (Å²) in [6.07, 6.45) is 2.10. The van der Waals surface area contributed by atoms with Crippen molar-refractivity contribution in [2.75, 3.05) is 32.1 Å². The van der Waals surface area contributed by atoms with Crippen LogP contribution in [0, 0.1) is 6.92 Å². The maximum Gasteiger partial charge on any atom is 0.307 e. The lowest BCUT2D eigenvalue weighted by molar-refractivity contribution is -0.140. The number of methoxy groups -OCH3 is 1. The van der Waals surface area contributed by atoms with Crippen molar-refractivity contribution in [2.45, 2.75) is 32.1 Å². The summed E-state index contributed by atoms with van der Waals surface area (Å²) in [5.74, 6) is -0.165. The number of aromatic nitrogens is 1. The molecule has 1 amide bonds. The molecule has 0 atom stereocenters. The van der Waals surface area contributed by atoms with Gasteiger partial charge in [-0.2, -0.15) is 0 Å². The summed E-state index contributed by atoms with van der Waals surface area (Å²) in [7, 11) is 1.38. The number of nitrogens with one attached hydrogen (secondary N) is 2. The second-order valence-corrected chi connectivity index (χ2v) is 10.0. The molecule has 1 fully saturated rings. The van der Waals surface area contributed by atoms with Crippen LogP contribution in [0.4, 0.5) is 5.69 Å². The Kier molecular flexibility index (Phi) is 8.66. The number of hydrogen-bond acceptors (Lipinski definition) is 6. The number of amides is 1. The lowest BCUT2D eigenvalue weighted by Crippen LogP contribution is -2.44. The molecule has 7 nitrogen and oxygen atoms in total. The van der Waals surface area contributed by atoms with Crippen molar-refractivity contribution >= 4 is 46.2 Å². The summed E-state index contributed by atoms with van der Waals surface area (Å²) in [5.41, 5.74) is 4.43. The van der Waals surface area contributed by atoms with Gasteiger partial charge in [-0.1, -0.05) is 48.0 Å². The molecular formula is C27H30N4O3S2. The smallest absolute Gasteiger partial charge is 0.307 e. The van der Waals surface area contributed by atoms with Crippen LogP contribution in [0.2, 0.25) is 0 Å². The Bertz CT molecular complexity index is 1220. The van der Waals surface area contributed by atoms with Crippen molar-refractivity contribution in [3.63, 3.8) is 0 Å². The number of carbonyl (C=O) groups is 2. The Balaban J connectivity index is 1.33. The summed E-state index contributed by atoms with van der Waals surface area (Å²) in [4.78, 5) is 31.1. The van der Waals surface area contributed by atoms with Gasteiger partial charge in [-0.15, -0.1) is 11.3 Å². The predicted octanol–water partition coefficient (Wildman–Crippen LogP) is 4.99. The molecule has 0 spiro atoms. The number of benzene rings is 2. The standard InChI is InChI=1S/C27H30N4O3S2/c1-18-7-9-19(10-8-18)21-5-3-4-6-22(21)29-25(33)23-17-36-26(30-23)20-12-15-31(16-13-20)27(35)28-14-11-24(32)34-2/h3-10,17,20H,11-16H2,1-2H3,(H,28,35)(H,29,33). The molecule has 0 bridgehead atoms. The van der Waals surface area contributed by atoms with E-state index in [1.165, 1.54) is 24.0 Å². The van der Waals surface area contributed by atoms with Gasteiger partial charge in [0.15, 0.2) is 5.11 Å². The molecule has 0 saturated carbocycles. The number of ether oxygens (including phenoxy) is 1. The molecule has 4 rings (SSSR count). The number of carbonyl (C=O) groups excluding carboxylic acids is 2. The van der Waals surface area contributed by atoms with Crippen LogP contribution in [0.15, 0.2) is 53.9 Å². The summed E-state index contributed by atoms with van der Waals surface area (Å²) in [6.45, 7) is 4.13. The fourth-order valence-electron chi connectivity index (χ4n) is 4.16. The number of para-hydroxylation sites is 1. The molecule has 1 aliphatic heterocycles. The molecule has 3 aromatic rings. The van der Waals surface area contributed by atoms with Crippen LogP contribution < -0.4 is 10.6 Å². The third kappa shape index (κ3) is 6.47. The highest BCUT2D eigenvalue weighted by atomic mass is 32.1. The Morgan fingerprint density at radius 3 is 2.58 bits per heavy atom. The number of likely N-dealkylation sites (tertiary alicyclic amines) is 1. The first-order chi connectivity index (χ1) is 17.4. The minimum Gasteiger partial charge on any atom is -0.469 e. The van der Waals surface area contributed by atoms with Crippen molar-refractivity contribution in [3.8, 4) is 11.1 Å². The van der Waals surface area contributed by atoms with Crippen molar-refractivity contribution in [1.29, 1.82) is 0 Å². The van der Waals surface area contributed by atoms with E-state index < -0.39 is 0 Å². The maximum atomic E-state index is 13.0. The SMILES string of the molecule is COC(=O)CCNC(=S)N1CCC(c2nc(C(=O)Nc3ccccc3-c3ccc(C)cc3)cs2)CC1. The first-order valence-electron chi connectivity index (χ1n) is 12.0. The molecule has 36 heavy (non-hydrogen) atoms. The van der Waals surface area contributed by atoms with Crippen molar-refractivity contribution in [3.05, 3.63) is 70.2 Å². The zero-order valence-electron chi connectivity index (χ0n) is 20.5. The van der Waals surface area contributed by atoms with Crippen LogP contribution in [-0.2, 0) is 9.53 Å². The van der Waals surface area contributed by atoms with Gasteiger partial charge in [-0.3, -0.25) is 9.59 Å². The summed E-state index contributed by atoms with van der Waals surface area (Å²) in [6, 6.07) is 16.1. The van der Waals surface area contributed by atoms with Crippen LogP contribution >= 0.6 is 23.6 Å². The van der Waals surface area contributed by atoms with Crippen molar-refractivity contribution < 1.29 is 14.3 Å². The van der Waals surface area contributed by atoms with Crippen LogP contribution in [-0.4, -0.2) is 53.6 Å². The molecule has 1 aliphatic rings. The number of aryl methyl sites for hydroxylation is 1. The number of rotatable bonds is 7. The molecule has 2 aromatic carbocycles. The van der Waals surface area contributed by atoms with Gasteiger partial charge in [0.1, 0.15) is 5.69 Å². The normalized spacial score (nSPS) is 13.8. The highest BCUT2D eigenvalue weighted by molar-refractivity contribution is 7.80. The van der Waals surface area contributed by atoms with Crippen LogP contribution in [0.5, 0.6) is 0 Å². The molecule has 1 aromatic heterocycles. The van der Waals surface area contributed by atoms with Gasteiger partial charge in [0, 0.05) is 42.2 Å². The molecule has 2 N–H and O–H groups in total. The minimum atomic E-state index is -0.258. The number of hydrogen-bond donors (Lipinski definition) is 2. The van der Waals surface area contributed by atoms with E-state index >= 15 is 0 Å². The molecular weight excluding hydrogens is 492 g/mol. The molecule has 2 heterocycles. The van der Waals surface area contributed by atoms with E-state index in [1.807, 2.05) is 29.6 Å². The molecule has 188 valence electrons. The van der Waals surface area contributed by atoms with E-state index in [1.54, 1.807) is 0 Å². The summed E-state index contributed by atoms with van der Waals surface area (Å²) < 4.78 is 4.65. The van der Waals surface area contributed by atoms with Gasteiger partial charge in [-0.25, -0.2) is 4.98 Å². The second-order valence-electron chi connectivity index (χ2n) is 8.76. The first-order valence-corrected chi connectivity index (χ1v) is 13.3. The van der Waals surface area contributed by atoms with E-state index in [4.69, 9.17) is 12.2 Å². The van der Waals surface area contributed by atoms with Gasteiger partial charge in [0.2, 0.25) is 0 Å². The monoisotopic (exact) mass is 522 g/mol. The number of piperidine rings is 1. The van der Waals surface area contributed by atoms with Gasteiger partial charge in [0.25, 0.3) is 5.91 Å². The lowest BCUT2D eigenvalue weighted by atomic mass is 9.98. The molecule has 9 heteroatoms. The third-order valence-corrected chi connectivity index (χ3v) is 7.67. The second kappa shape index (κ2) is 12.1. The third-order valence-electron chi connectivity index (χ3n) is 6.26. The average Bonchev–Trinajstić information content (AvgIpc) is 3.40. The minimum absolute atomic E-state index is 0.203. The average molecular weight is 523 g/mol.